The third kappa shape index (κ3) is 3.03. The molecule has 0 bridgehead atoms. The van der Waals surface area contributed by atoms with E-state index in [9.17, 15) is 0 Å². The molecule has 0 aliphatic heterocycles. The molecule has 0 fully saturated rings. The van der Waals surface area contributed by atoms with Crippen molar-refractivity contribution in [2.45, 2.75) is 13.0 Å². The number of rotatable bonds is 3. The van der Waals surface area contributed by atoms with Gasteiger partial charge in [0.15, 0.2) is 0 Å². The van der Waals surface area contributed by atoms with Crippen LogP contribution in [0.2, 0.25) is 10.0 Å². The maximum Gasteiger partial charge on any atom is 0.137 e. The fraction of sp³-hybridized carbons (Fsp3) is 0.200. The van der Waals surface area contributed by atoms with Crippen LogP contribution in [0.15, 0.2) is 36.4 Å². The fourth-order valence-corrected chi connectivity index (χ4v) is 2.45. The van der Waals surface area contributed by atoms with Crippen molar-refractivity contribution in [3.8, 4) is 5.75 Å². The van der Waals surface area contributed by atoms with Crippen LogP contribution in [0.25, 0.3) is 0 Å². The van der Waals surface area contributed by atoms with Gasteiger partial charge < -0.3 is 10.5 Å². The van der Waals surface area contributed by atoms with Crippen LogP contribution >= 0.6 is 23.2 Å². The van der Waals surface area contributed by atoms with E-state index in [1.54, 1.807) is 7.11 Å². The third-order valence-electron chi connectivity index (χ3n) is 3.11. The molecular weight excluding hydrogens is 281 g/mol. The molecule has 0 heterocycles. The highest BCUT2D eigenvalue weighted by molar-refractivity contribution is 6.32. The first-order valence-electron chi connectivity index (χ1n) is 5.88. The monoisotopic (exact) mass is 295 g/mol. The summed E-state index contributed by atoms with van der Waals surface area (Å²) in [5.74, 6) is 0.639. The van der Waals surface area contributed by atoms with Crippen LogP contribution in [0.5, 0.6) is 5.75 Å². The molecule has 2 aromatic rings. The summed E-state index contributed by atoms with van der Waals surface area (Å²) in [5, 5.41) is 1.23. The quantitative estimate of drug-likeness (QED) is 0.913. The standard InChI is InChI=1S/C15H15Cl2NO/c1-9-3-5-11(16)8-12(9)15(18)10-4-6-14(19-2)13(17)7-10/h3-8,15H,18H2,1-2H3. The Morgan fingerprint density at radius 2 is 1.84 bits per heavy atom. The molecule has 0 saturated carbocycles. The van der Waals surface area contributed by atoms with Gasteiger partial charge in [-0.2, -0.15) is 0 Å². The summed E-state index contributed by atoms with van der Waals surface area (Å²) in [5.41, 5.74) is 9.31. The van der Waals surface area contributed by atoms with Crippen molar-refractivity contribution in [3.63, 3.8) is 0 Å². The molecule has 1 unspecified atom stereocenters. The zero-order valence-corrected chi connectivity index (χ0v) is 12.3. The first kappa shape index (κ1) is 14.2. The van der Waals surface area contributed by atoms with Crippen LogP contribution in [0.1, 0.15) is 22.7 Å². The number of nitrogens with two attached hydrogens (primary N) is 1. The summed E-state index contributed by atoms with van der Waals surface area (Å²) in [6.07, 6.45) is 0. The van der Waals surface area contributed by atoms with Gasteiger partial charge in [-0.3, -0.25) is 0 Å². The van der Waals surface area contributed by atoms with Crippen LogP contribution in [0.4, 0.5) is 0 Å². The molecule has 2 nitrogen and oxygen atoms in total. The molecule has 0 aliphatic rings. The van der Waals surface area contributed by atoms with E-state index >= 15 is 0 Å². The van der Waals surface area contributed by atoms with Gasteiger partial charge in [0.1, 0.15) is 5.75 Å². The van der Waals surface area contributed by atoms with Gasteiger partial charge in [-0.15, -0.1) is 0 Å². The summed E-state index contributed by atoms with van der Waals surface area (Å²) in [6.45, 7) is 2.01. The van der Waals surface area contributed by atoms with Gasteiger partial charge in [-0.1, -0.05) is 35.3 Å². The average molecular weight is 296 g/mol. The summed E-state index contributed by atoms with van der Waals surface area (Å²) >= 11 is 12.2. The minimum atomic E-state index is -0.262. The Morgan fingerprint density at radius 1 is 1.11 bits per heavy atom. The Kier molecular flexibility index (Phi) is 4.35. The van der Waals surface area contributed by atoms with E-state index in [2.05, 4.69) is 0 Å². The second-order valence-corrected chi connectivity index (χ2v) is 5.22. The molecule has 0 spiro atoms. The van der Waals surface area contributed by atoms with Gasteiger partial charge in [0.25, 0.3) is 0 Å². The molecule has 0 aromatic heterocycles. The molecule has 4 heteroatoms. The van der Waals surface area contributed by atoms with E-state index in [1.165, 1.54) is 0 Å². The van der Waals surface area contributed by atoms with Crippen molar-refractivity contribution in [3.05, 3.63) is 63.1 Å². The second kappa shape index (κ2) is 5.83. The number of methoxy groups -OCH3 is 1. The second-order valence-electron chi connectivity index (χ2n) is 4.37. The smallest absolute Gasteiger partial charge is 0.137 e. The lowest BCUT2D eigenvalue weighted by Crippen LogP contribution is -2.13. The number of hydrogen-bond donors (Lipinski definition) is 1. The first-order chi connectivity index (χ1) is 9.02. The molecular formula is C15H15Cl2NO. The van der Waals surface area contributed by atoms with Crippen LogP contribution in [-0.2, 0) is 0 Å². The normalized spacial score (nSPS) is 12.3. The Bertz CT molecular complexity index is 599. The lowest BCUT2D eigenvalue weighted by Gasteiger charge is -2.16. The van der Waals surface area contributed by atoms with Crippen LogP contribution < -0.4 is 10.5 Å². The third-order valence-corrected chi connectivity index (χ3v) is 3.64. The van der Waals surface area contributed by atoms with E-state index in [1.807, 2.05) is 43.3 Å². The predicted octanol–water partition coefficient (Wildman–Crippen LogP) is 4.36. The van der Waals surface area contributed by atoms with E-state index in [0.29, 0.717) is 15.8 Å². The SMILES string of the molecule is COc1ccc(C(N)c2cc(Cl)ccc2C)cc1Cl. The van der Waals surface area contributed by atoms with E-state index in [4.69, 9.17) is 33.7 Å². The molecule has 2 N–H and O–H groups in total. The van der Waals surface area contributed by atoms with Gasteiger partial charge in [0.2, 0.25) is 0 Å². The van der Waals surface area contributed by atoms with Crippen molar-refractivity contribution in [1.29, 1.82) is 0 Å². The summed E-state index contributed by atoms with van der Waals surface area (Å²) in [4.78, 5) is 0. The highest BCUT2D eigenvalue weighted by Crippen LogP contribution is 2.31. The van der Waals surface area contributed by atoms with Crippen molar-refractivity contribution in [2.75, 3.05) is 7.11 Å². The minimum absolute atomic E-state index is 0.262. The average Bonchev–Trinajstić information content (AvgIpc) is 2.40. The Hall–Kier alpha value is -1.22. The summed E-state index contributed by atoms with van der Waals surface area (Å²) in [7, 11) is 1.59. The molecule has 100 valence electrons. The maximum atomic E-state index is 6.29. The van der Waals surface area contributed by atoms with Crippen molar-refractivity contribution in [2.24, 2.45) is 5.73 Å². The first-order valence-corrected chi connectivity index (χ1v) is 6.63. The van der Waals surface area contributed by atoms with Crippen LogP contribution in [0.3, 0.4) is 0 Å². The lowest BCUT2D eigenvalue weighted by molar-refractivity contribution is 0.415. The molecule has 0 aliphatic carbocycles. The van der Waals surface area contributed by atoms with Gasteiger partial charge >= 0.3 is 0 Å². The van der Waals surface area contributed by atoms with Crippen molar-refractivity contribution < 1.29 is 4.74 Å². The molecule has 1 atom stereocenters. The Morgan fingerprint density at radius 3 is 2.47 bits per heavy atom. The van der Waals surface area contributed by atoms with Crippen LogP contribution in [-0.4, -0.2) is 7.11 Å². The molecule has 2 aromatic carbocycles. The Balaban J connectivity index is 2.41. The molecule has 19 heavy (non-hydrogen) atoms. The number of aryl methyl sites for hydroxylation is 1. The number of halogens is 2. The molecule has 0 saturated heterocycles. The topological polar surface area (TPSA) is 35.2 Å². The van der Waals surface area contributed by atoms with Crippen molar-refractivity contribution >= 4 is 23.2 Å². The lowest BCUT2D eigenvalue weighted by atomic mass is 9.96. The van der Waals surface area contributed by atoms with E-state index in [0.717, 1.165) is 16.7 Å². The van der Waals surface area contributed by atoms with Gasteiger partial charge in [-0.25, -0.2) is 0 Å². The Labute approximate surface area is 123 Å². The highest BCUT2D eigenvalue weighted by Gasteiger charge is 2.13. The van der Waals surface area contributed by atoms with E-state index in [-0.39, 0.29) is 6.04 Å². The molecule has 0 amide bonds. The zero-order valence-electron chi connectivity index (χ0n) is 10.8. The fourth-order valence-electron chi connectivity index (χ4n) is 2.00. The number of benzene rings is 2. The molecule has 0 radical (unpaired) electrons. The van der Waals surface area contributed by atoms with Gasteiger partial charge in [-0.05, 0) is 47.9 Å². The maximum absolute atomic E-state index is 6.29. The minimum Gasteiger partial charge on any atom is -0.495 e. The largest absolute Gasteiger partial charge is 0.495 e. The van der Waals surface area contributed by atoms with Crippen molar-refractivity contribution in [1.82, 2.24) is 0 Å². The summed E-state index contributed by atoms with van der Waals surface area (Å²) in [6, 6.07) is 11.0. The number of hydrogen-bond acceptors (Lipinski definition) is 2. The number of ether oxygens (including phenoxy) is 1. The highest BCUT2D eigenvalue weighted by atomic mass is 35.5. The van der Waals surface area contributed by atoms with E-state index < -0.39 is 0 Å². The van der Waals surface area contributed by atoms with Gasteiger partial charge in [0.05, 0.1) is 18.2 Å². The summed E-state index contributed by atoms with van der Waals surface area (Å²) < 4.78 is 5.13. The van der Waals surface area contributed by atoms with Crippen LogP contribution in [0, 0.1) is 6.92 Å². The zero-order chi connectivity index (χ0) is 14.0. The molecule has 2 rings (SSSR count). The predicted molar refractivity (Wildman–Crippen MR) is 80.2 cm³/mol. The van der Waals surface area contributed by atoms with Gasteiger partial charge in [0, 0.05) is 5.02 Å².